The zero-order chi connectivity index (χ0) is 20.3. The van der Waals surface area contributed by atoms with Crippen LogP contribution in [0, 0.1) is 6.92 Å². The molecule has 1 aliphatic rings. The van der Waals surface area contributed by atoms with Gasteiger partial charge in [0, 0.05) is 24.0 Å². The largest absolute Gasteiger partial charge is 0.493 e. The molecule has 2 aromatic carbocycles. The first-order valence-corrected chi connectivity index (χ1v) is 10.4. The Labute approximate surface area is 164 Å². The van der Waals surface area contributed by atoms with E-state index in [1.54, 1.807) is 36.4 Å². The number of benzene rings is 2. The van der Waals surface area contributed by atoms with Crippen molar-refractivity contribution in [3.63, 3.8) is 0 Å². The van der Waals surface area contributed by atoms with Crippen LogP contribution in [0.1, 0.15) is 12.0 Å². The van der Waals surface area contributed by atoms with Gasteiger partial charge in [-0.25, -0.2) is 13.2 Å². The van der Waals surface area contributed by atoms with E-state index in [0.717, 1.165) is 5.56 Å². The number of methoxy groups -OCH3 is 2. The second-order valence-electron chi connectivity index (χ2n) is 6.39. The first kappa shape index (κ1) is 19.8. The summed E-state index contributed by atoms with van der Waals surface area (Å²) in [5, 5.41) is 5.50. The standard InChI is InChI=1S/C19H23N3O5S/c1-13-5-7-15(22-9-4-10-28(22,24)25)12-16(13)21-19(23)20-14-6-8-17(26-2)18(11-14)27-3/h5-8,11-12H,4,9-10H2,1-3H3,(H2,20,21,23). The van der Waals surface area contributed by atoms with Crippen molar-refractivity contribution in [3.05, 3.63) is 42.0 Å². The van der Waals surface area contributed by atoms with Gasteiger partial charge in [0.25, 0.3) is 0 Å². The lowest BCUT2D eigenvalue weighted by molar-refractivity contribution is 0.262. The molecule has 0 saturated carbocycles. The number of nitrogens with zero attached hydrogens (tertiary/aromatic N) is 1. The molecule has 0 aromatic heterocycles. The molecule has 1 saturated heterocycles. The van der Waals surface area contributed by atoms with E-state index >= 15 is 0 Å². The highest BCUT2D eigenvalue weighted by atomic mass is 32.2. The Morgan fingerprint density at radius 2 is 1.79 bits per heavy atom. The van der Waals surface area contributed by atoms with E-state index in [-0.39, 0.29) is 5.75 Å². The summed E-state index contributed by atoms with van der Waals surface area (Å²) in [6.45, 7) is 2.29. The summed E-state index contributed by atoms with van der Waals surface area (Å²) in [7, 11) is -0.229. The third-order valence-corrected chi connectivity index (χ3v) is 6.37. The Morgan fingerprint density at radius 1 is 1.04 bits per heavy atom. The highest BCUT2D eigenvalue weighted by molar-refractivity contribution is 7.93. The van der Waals surface area contributed by atoms with Crippen molar-refractivity contribution in [3.8, 4) is 11.5 Å². The summed E-state index contributed by atoms with van der Waals surface area (Å²) >= 11 is 0. The summed E-state index contributed by atoms with van der Waals surface area (Å²) in [6.07, 6.45) is 0.596. The van der Waals surface area contributed by atoms with Gasteiger partial charge in [0.2, 0.25) is 10.0 Å². The van der Waals surface area contributed by atoms with Crippen LogP contribution in [0.5, 0.6) is 11.5 Å². The van der Waals surface area contributed by atoms with Gasteiger partial charge in [-0.3, -0.25) is 4.31 Å². The van der Waals surface area contributed by atoms with Crippen molar-refractivity contribution in [2.24, 2.45) is 0 Å². The van der Waals surface area contributed by atoms with E-state index in [4.69, 9.17) is 9.47 Å². The molecule has 28 heavy (non-hydrogen) atoms. The summed E-state index contributed by atoms with van der Waals surface area (Å²) in [6, 6.07) is 9.80. The molecule has 8 nitrogen and oxygen atoms in total. The highest BCUT2D eigenvalue weighted by Gasteiger charge is 2.28. The molecular formula is C19H23N3O5S. The van der Waals surface area contributed by atoms with E-state index in [1.807, 2.05) is 6.92 Å². The van der Waals surface area contributed by atoms with Gasteiger partial charge < -0.3 is 20.1 Å². The van der Waals surface area contributed by atoms with Gasteiger partial charge >= 0.3 is 6.03 Å². The van der Waals surface area contributed by atoms with E-state index in [1.165, 1.54) is 18.5 Å². The van der Waals surface area contributed by atoms with Crippen molar-refractivity contribution >= 4 is 33.1 Å². The van der Waals surface area contributed by atoms with Crippen LogP contribution in [0.15, 0.2) is 36.4 Å². The minimum Gasteiger partial charge on any atom is -0.493 e. The SMILES string of the molecule is COc1ccc(NC(=O)Nc2cc(N3CCCS3(=O)=O)ccc2C)cc1OC. The number of sulfonamides is 1. The van der Waals surface area contributed by atoms with Gasteiger partial charge in [-0.05, 0) is 43.2 Å². The van der Waals surface area contributed by atoms with E-state index < -0.39 is 16.1 Å². The number of aryl methyl sites for hydroxylation is 1. The van der Waals surface area contributed by atoms with E-state index in [9.17, 15) is 13.2 Å². The van der Waals surface area contributed by atoms with Crippen LogP contribution in [0.25, 0.3) is 0 Å². The van der Waals surface area contributed by atoms with Crippen LogP contribution in [-0.2, 0) is 10.0 Å². The predicted molar refractivity (Wildman–Crippen MR) is 109 cm³/mol. The Kier molecular flexibility index (Phi) is 5.64. The fourth-order valence-corrected chi connectivity index (χ4v) is 4.58. The van der Waals surface area contributed by atoms with Gasteiger partial charge in [0.1, 0.15) is 0 Å². The van der Waals surface area contributed by atoms with Gasteiger partial charge in [-0.1, -0.05) is 6.07 Å². The van der Waals surface area contributed by atoms with Gasteiger partial charge in [-0.15, -0.1) is 0 Å². The maximum absolute atomic E-state index is 12.4. The molecule has 0 spiro atoms. The number of hydrogen-bond acceptors (Lipinski definition) is 5. The Hall–Kier alpha value is -2.94. The lowest BCUT2D eigenvalue weighted by Gasteiger charge is -2.19. The molecule has 1 fully saturated rings. The fourth-order valence-electron chi connectivity index (χ4n) is 3.03. The first-order chi connectivity index (χ1) is 13.3. The molecule has 2 aromatic rings. The van der Waals surface area contributed by atoms with Crippen LogP contribution in [0.4, 0.5) is 21.9 Å². The normalized spacial score (nSPS) is 15.2. The third kappa shape index (κ3) is 4.14. The maximum atomic E-state index is 12.4. The number of hydrogen-bond donors (Lipinski definition) is 2. The van der Waals surface area contributed by atoms with Crippen molar-refractivity contribution < 1.29 is 22.7 Å². The van der Waals surface area contributed by atoms with Crippen LogP contribution in [-0.4, -0.2) is 41.0 Å². The van der Waals surface area contributed by atoms with Gasteiger partial charge in [-0.2, -0.15) is 0 Å². The predicted octanol–water partition coefficient (Wildman–Crippen LogP) is 3.20. The Morgan fingerprint density at radius 3 is 2.43 bits per heavy atom. The van der Waals surface area contributed by atoms with Crippen molar-refractivity contribution in [1.29, 1.82) is 0 Å². The van der Waals surface area contributed by atoms with Crippen LogP contribution >= 0.6 is 0 Å². The smallest absolute Gasteiger partial charge is 0.323 e. The van der Waals surface area contributed by atoms with Crippen molar-refractivity contribution in [1.82, 2.24) is 0 Å². The molecule has 0 radical (unpaired) electrons. The second-order valence-corrected chi connectivity index (χ2v) is 8.40. The fraction of sp³-hybridized carbons (Fsp3) is 0.316. The lowest BCUT2D eigenvalue weighted by atomic mass is 10.2. The average molecular weight is 405 g/mol. The number of rotatable bonds is 5. The number of ether oxygens (including phenoxy) is 2. The van der Waals surface area contributed by atoms with Gasteiger partial charge in [0.15, 0.2) is 11.5 Å². The zero-order valence-corrected chi connectivity index (χ0v) is 16.8. The molecule has 150 valence electrons. The number of amides is 2. The van der Waals surface area contributed by atoms with Crippen LogP contribution < -0.4 is 24.4 Å². The number of carbonyl (C=O) groups excluding carboxylic acids is 1. The summed E-state index contributed by atoms with van der Waals surface area (Å²) in [5.41, 5.74) is 2.44. The minimum atomic E-state index is -3.28. The molecule has 3 rings (SSSR count). The maximum Gasteiger partial charge on any atom is 0.323 e. The summed E-state index contributed by atoms with van der Waals surface area (Å²) in [5.74, 6) is 1.20. The van der Waals surface area contributed by atoms with E-state index in [0.29, 0.717) is 41.5 Å². The summed E-state index contributed by atoms with van der Waals surface area (Å²) in [4.78, 5) is 12.4. The van der Waals surface area contributed by atoms with Crippen LogP contribution in [0.2, 0.25) is 0 Å². The van der Waals surface area contributed by atoms with Crippen molar-refractivity contribution in [2.75, 3.05) is 41.5 Å². The minimum absolute atomic E-state index is 0.142. The molecule has 2 amide bonds. The van der Waals surface area contributed by atoms with Crippen molar-refractivity contribution in [2.45, 2.75) is 13.3 Å². The number of anilines is 3. The highest BCUT2D eigenvalue weighted by Crippen LogP contribution is 2.31. The average Bonchev–Trinajstić information content (AvgIpc) is 3.02. The molecule has 1 heterocycles. The second kappa shape index (κ2) is 7.97. The number of carbonyl (C=O) groups is 1. The quantitative estimate of drug-likeness (QED) is 0.796. The third-order valence-electron chi connectivity index (χ3n) is 4.50. The number of nitrogens with one attached hydrogen (secondary N) is 2. The lowest BCUT2D eigenvalue weighted by Crippen LogP contribution is -2.25. The molecule has 2 N–H and O–H groups in total. The topological polar surface area (TPSA) is 97.0 Å². The molecule has 0 atom stereocenters. The van der Waals surface area contributed by atoms with Crippen LogP contribution in [0.3, 0.4) is 0 Å². The molecule has 0 aliphatic carbocycles. The molecule has 1 aliphatic heterocycles. The van der Waals surface area contributed by atoms with Gasteiger partial charge in [0.05, 0.1) is 25.7 Å². The first-order valence-electron chi connectivity index (χ1n) is 8.75. The Bertz CT molecular complexity index is 991. The molecule has 0 bridgehead atoms. The summed E-state index contributed by atoms with van der Waals surface area (Å²) < 4.78 is 36.1. The van der Waals surface area contributed by atoms with E-state index in [2.05, 4.69) is 10.6 Å². The Balaban J connectivity index is 1.76. The molecule has 0 unspecified atom stereocenters. The molecule has 9 heteroatoms. The monoisotopic (exact) mass is 405 g/mol. The zero-order valence-electron chi connectivity index (χ0n) is 16.0. The number of urea groups is 1. The molecular weight excluding hydrogens is 382 g/mol.